The van der Waals surface area contributed by atoms with Crippen LogP contribution in [0.15, 0.2) is 18.2 Å². The minimum absolute atomic E-state index is 0.00769. The zero-order valence-corrected chi connectivity index (χ0v) is 13.3. The molecule has 0 spiro atoms. The number of Topliss-reactive ketones (excluding diaryl/α,β-unsaturated/α-hetero) is 1. The van der Waals surface area contributed by atoms with Gasteiger partial charge in [0.1, 0.15) is 0 Å². The Morgan fingerprint density at radius 1 is 1.30 bits per heavy atom. The number of ketones is 1. The lowest BCUT2D eigenvalue weighted by Gasteiger charge is -2.35. The highest BCUT2D eigenvalue weighted by Gasteiger charge is 2.27. The number of carbonyl (C=O) groups is 1. The number of rotatable bonds is 4. The van der Waals surface area contributed by atoms with E-state index in [1.54, 1.807) is 0 Å². The van der Waals surface area contributed by atoms with Gasteiger partial charge in [-0.1, -0.05) is 31.0 Å². The molecule has 1 aliphatic rings. The van der Waals surface area contributed by atoms with E-state index >= 15 is 0 Å². The maximum Gasteiger partial charge on any atom is 0.179 e. The van der Waals surface area contributed by atoms with E-state index < -0.39 is 0 Å². The number of piperidine rings is 1. The third-order valence-electron chi connectivity index (χ3n) is 4.81. The van der Waals surface area contributed by atoms with E-state index in [1.165, 1.54) is 19.3 Å². The van der Waals surface area contributed by atoms with Crippen molar-refractivity contribution in [1.82, 2.24) is 4.90 Å². The second-order valence-corrected chi connectivity index (χ2v) is 6.25. The van der Waals surface area contributed by atoms with Gasteiger partial charge in [0.05, 0.1) is 6.04 Å². The summed E-state index contributed by atoms with van der Waals surface area (Å²) >= 11 is 0. The topological polar surface area (TPSA) is 20.3 Å². The van der Waals surface area contributed by atoms with Gasteiger partial charge in [0, 0.05) is 5.56 Å². The van der Waals surface area contributed by atoms with Crippen LogP contribution in [0.3, 0.4) is 0 Å². The molecule has 0 amide bonds. The molecule has 1 atom stereocenters. The number of carbonyl (C=O) groups excluding carboxylic acids is 1. The van der Waals surface area contributed by atoms with Crippen LogP contribution in [0.25, 0.3) is 0 Å². The normalized spacial score (nSPS) is 19.0. The summed E-state index contributed by atoms with van der Waals surface area (Å²) in [6.45, 7) is 10.5. The highest BCUT2D eigenvalue weighted by molar-refractivity contribution is 6.01. The summed E-state index contributed by atoms with van der Waals surface area (Å²) in [5.41, 5.74) is 3.15. The summed E-state index contributed by atoms with van der Waals surface area (Å²) in [5, 5.41) is 0. The molecule has 2 rings (SSSR count). The van der Waals surface area contributed by atoms with Crippen LogP contribution in [-0.4, -0.2) is 29.8 Å². The average molecular weight is 273 g/mol. The van der Waals surface area contributed by atoms with Crippen LogP contribution in [0.1, 0.15) is 54.6 Å². The Morgan fingerprint density at radius 3 is 2.55 bits per heavy atom. The number of hydrogen-bond donors (Lipinski definition) is 0. The van der Waals surface area contributed by atoms with Gasteiger partial charge in [-0.05, 0) is 64.3 Å². The Morgan fingerprint density at radius 2 is 1.95 bits per heavy atom. The van der Waals surface area contributed by atoms with E-state index in [9.17, 15) is 4.79 Å². The molecule has 1 fully saturated rings. The number of benzene rings is 1. The molecule has 1 unspecified atom stereocenters. The van der Waals surface area contributed by atoms with Gasteiger partial charge in [0.25, 0.3) is 0 Å². The molecule has 0 aliphatic carbocycles. The van der Waals surface area contributed by atoms with E-state index in [0.29, 0.717) is 0 Å². The molecule has 110 valence electrons. The highest BCUT2D eigenvalue weighted by atomic mass is 16.1. The largest absolute Gasteiger partial charge is 0.293 e. The first-order valence-corrected chi connectivity index (χ1v) is 7.88. The molecule has 1 heterocycles. The molecule has 1 aliphatic heterocycles. The molecule has 2 heteroatoms. The van der Waals surface area contributed by atoms with Crippen molar-refractivity contribution in [3.05, 3.63) is 34.9 Å². The van der Waals surface area contributed by atoms with Gasteiger partial charge < -0.3 is 0 Å². The van der Waals surface area contributed by atoms with Crippen LogP contribution in [0.4, 0.5) is 0 Å². The predicted octanol–water partition coefficient (Wildman–Crippen LogP) is 4.00. The van der Waals surface area contributed by atoms with E-state index in [2.05, 4.69) is 30.9 Å². The minimum atomic E-state index is 0.00769. The molecule has 0 saturated carbocycles. The number of nitrogens with zero attached hydrogens (tertiary/aromatic N) is 1. The zero-order valence-electron chi connectivity index (χ0n) is 13.3. The van der Waals surface area contributed by atoms with Crippen molar-refractivity contribution in [2.45, 2.75) is 53.0 Å². The first-order valence-electron chi connectivity index (χ1n) is 7.88. The Kier molecular flexibility index (Phi) is 4.98. The summed E-state index contributed by atoms with van der Waals surface area (Å²) in [4.78, 5) is 15.1. The van der Waals surface area contributed by atoms with Crippen molar-refractivity contribution in [2.24, 2.45) is 5.92 Å². The van der Waals surface area contributed by atoms with Crippen LogP contribution in [0, 0.1) is 19.8 Å². The fourth-order valence-electron chi connectivity index (χ4n) is 3.14. The van der Waals surface area contributed by atoms with E-state index in [1.807, 2.05) is 19.9 Å². The van der Waals surface area contributed by atoms with Crippen LogP contribution in [0.2, 0.25) is 0 Å². The van der Waals surface area contributed by atoms with E-state index in [0.717, 1.165) is 35.7 Å². The lowest BCUT2D eigenvalue weighted by atomic mass is 9.91. The molecule has 1 saturated heterocycles. The third kappa shape index (κ3) is 3.29. The van der Waals surface area contributed by atoms with Crippen LogP contribution >= 0.6 is 0 Å². The lowest BCUT2D eigenvalue weighted by molar-refractivity contribution is 0.0768. The molecule has 0 aromatic heterocycles. The second-order valence-electron chi connectivity index (χ2n) is 6.25. The van der Waals surface area contributed by atoms with Gasteiger partial charge in [-0.3, -0.25) is 9.69 Å². The Hall–Kier alpha value is -1.15. The SMILES string of the molecule is CCC1CCN(C(C)C(=O)c2cc(C)ccc2C)CC1. The monoisotopic (exact) mass is 273 g/mol. The molecule has 20 heavy (non-hydrogen) atoms. The molecule has 0 bridgehead atoms. The van der Waals surface area contributed by atoms with Gasteiger partial charge in [-0.2, -0.15) is 0 Å². The van der Waals surface area contributed by atoms with Gasteiger partial charge in [0.15, 0.2) is 5.78 Å². The van der Waals surface area contributed by atoms with Crippen LogP contribution < -0.4 is 0 Å². The van der Waals surface area contributed by atoms with Gasteiger partial charge in [0.2, 0.25) is 0 Å². The van der Waals surface area contributed by atoms with Crippen molar-refractivity contribution in [1.29, 1.82) is 0 Å². The smallest absolute Gasteiger partial charge is 0.179 e. The summed E-state index contributed by atoms with van der Waals surface area (Å²) in [5.74, 6) is 1.13. The molecular weight excluding hydrogens is 246 g/mol. The molecule has 1 aromatic carbocycles. The summed E-state index contributed by atoms with van der Waals surface area (Å²) in [6, 6.07) is 6.17. The molecular formula is C18H27NO. The van der Waals surface area contributed by atoms with Crippen molar-refractivity contribution in [3.63, 3.8) is 0 Å². The van der Waals surface area contributed by atoms with Gasteiger partial charge in [-0.25, -0.2) is 0 Å². The Balaban J connectivity index is 2.07. The average Bonchev–Trinajstić information content (AvgIpc) is 2.48. The second kappa shape index (κ2) is 6.53. The van der Waals surface area contributed by atoms with Crippen molar-refractivity contribution >= 4 is 5.78 Å². The van der Waals surface area contributed by atoms with Crippen molar-refractivity contribution in [2.75, 3.05) is 13.1 Å². The Labute approximate surface area is 123 Å². The van der Waals surface area contributed by atoms with Crippen LogP contribution in [-0.2, 0) is 0 Å². The maximum absolute atomic E-state index is 12.7. The standard InChI is InChI=1S/C18H27NO/c1-5-16-8-10-19(11-9-16)15(4)18(20)17-12-13(2)6-7-14(17)3/h6-7,12,15-16H,5,8-11H2,1-4H3. The van der Waals surface area contributed by atoms with Gasteiger partial charge >= 0.3 is 0 Å². The first-order chi connectivity index (χ1) is 9.52. The lowest BCUT2D eigenvalue weighted by Crippen LogP contribution is -2.44. The molecule has 0 N–H and O–H groups in total. The fraction of sp³-hybridized carbons (Fsp3) is 0.611. The molecule has 2 nitrogen and oxygen atoms in total. The number of hydrogen-bond acceptors (Lipinski definition) is 2. The van der Waals surface area contributed by atoms with E-state index in [-0.39, 0.29) is 11.8 Å². The third-order valence-corrected chi connectivity index (χ3v) is 4.81. The van der Waals surface area contributed by atoms with E-state index in [4.69, 9.17) is 0 Å². The van der Waals surface area contributed by atoms with Crippen LogP contribution in [0.5, 0.6) is 0 Å². The fourth-order valence-corrected chi connectivity index (χ4v) is 3.14. The Bertz CT molecular complexity index is 472. The summed E-state index contributed by atoms with van der Waals surface area (Å²) < 4.78 is 0. The quantitative estimate of drug-likeness (QED) is 0.773. The minimum Gasteiger partial charge on any atom is -0.293 e. The first kappa shape index (κ1) is 15.2. The summed E-state index contributed by atoms with van der Waals surface area (Å²) in [6.07, 6.45) is 3.75. The van der Waals surface area contributed by atoms with Crippen molar-refractivity contribution < 1.29 is 4.79 Å². The highest BCUT2D eigenvalue weighted by Crippen LogP contribution is 2.23. The van der Waals surface area contributed by atoms with Gasteiger partial charge in [-0.15, -0.1) is 0 Å². The molecule has 1 aromatic rings. The predicted molar refractivity (Wildman–Crippen MR) is 84.3 cm³/mol. The number of aryl methyl sites for hydroxylation is 2. The maximum atomic E-state index is 12.7. The summed E-state index contributed by atoms with van der Waals surface area (Å²) in [7, 11) is 0. The van der Waals surface area contributed by atoms with Crippen molar-refractivity contribution in [3.8, 4) is 0 Å². The zero-order chi connectivity index (χ0) is 14.7. The molecule has 0 radical (unpaired) electrons. The number of likely N-dealkylation sites (tertiary alicyclic amines) is 1.